The van der Waals surface area contributed by atoms with E-state index in [1.807, 2.05) is 0 Å². The molecule has 0 spiro atoms. The lowest BCUT2D eigenvalue weighted by Gasteiger charge is -2.14. The molecule has 2 aliphatic rings. The first kappa shape index (κ1) is 14.1. The molecule has 2 atom stereocenters. The zero-order chi connectivity index (χ0) is 16.2. The summed E-state index contributed by atoms with van der Waals surface area (Å²) in [7, 11) is 0. The van der Waals surface area contributed by atoms with Crippen molar-refractivity contribution in [1.29, 1.82) is 0 Å². The molecule has 3 nitrogen and oxygen atoms in total. The van der Waals surface area contributed by atoms with Crippen LogP contribution < -0.4 is 5.48 Å². The average molecular weight is 313 g/mol. The first-order valence-corrected chi connectivity index (χ1v) is 7.28. The Bertz CT molecular complexity index is 787. The summed E-state index contributed by atoms with van der Waals surface area (Å²) in [6.45, 7) is 0. The van der Waals surface area contributed by atoms with Gasteiger partial charge in [0.25, 0.3) is 11.8 Å². The fourth-order valence-electron chi connectivity index (χ4n) is 3.59. The molecule has 23 heavy (non-hydrogen) atoms. The van der Waals surface area contributed by atoms with E-state index < -0.39 is 23.7 Å². The predicted octanol–water partition coefficient (Wildman–Crippen LogP) is 3.45. The van der Waals surface area contributed by atoms with Crippen molar-refractivity contribution >= 4 is 11.5 Å². The lowest BCUT2D eigenvalue weighted by atomic mass is 9.91. The van der Waals surface area contributed by atoms with Crippen LogP contribution in [0.1, 0.15) is 34.1 Å². The van der Waals surface area contributed by atoms with E-state index in [1.165, 1.54) is 6.08 Å². The maximum Gasteiger partial charge on any atom is 0.267 e. The Balaban J connectivity index is 2.03. The number of benzene rings is 2. The third-order valence-electron chi connectivity index (χ3n) is 4.61. The Morgan fingerprint density at radius 2 is 1.48 bits per heavy atom. The number of alkyl halides is 2. The highest BCUT2D eigenvalue weighted by molar-refractivity contribution is 6.00. The van der Waals surface area contributed by atoms with Crippen LogP contribution in [0.3, 0.4) is 0 Å². The number of hydrogen-bond donors (Lipinski definition) is 2. The summed E-state index contributed by atoms with van der Waals surface area (Å²) in [5.74, 6) is -5.21. The predicted molar refractivity (Wildman–Crippen MR) is 80.3 cm³/mol. The molecule has 0 heterocycles. The Morgan fingerprint density at radius 1 is 1.00 bits per heavy atom. The van der Waals surface area contributed by atoms with Crippen LogP contribution in [-0.4, -0.2) is 17.0 Å². The molecule has 2 aromatic carbocycles. The van der Waals surface area contributed by atoms with E-state index in [-0.39, 0.29) is 0 Å². The molecule has 0 aliphatic heterocycles. The van der Waals surface area contributed by atoms with Crippen LogP contribution in [0.15, 0.2) is 54.6 Å². The van der Waals surface area contributed by atoms with E-state index in [9.17, 15) is 13.6 Å². The van der Waals surface area contributed by atoms with Gasteiger partial charge in [0.1, 0.15) is 0 Å². The van der Waals surface area contributed by atoms with Gasteiger partial charge in [-0.05, 0) is 27.8 Å². The summed E-state index contributed by atoms with van der Waals surface area (Å²) in [4.78, 5) is 11.6. The summed E-state index contributed by atoms with van der Waals surface area (Å²) in [5.41, 5.74) is 4.40. The summed E-state index contributed by atoms with van der Waals surface area (Å²) in [6, 6.07) is 13.8. The van der Waals surface area contributed by atoms with Crippen molar-refractivity contribution < 1.29 is 18.8 Å². The maximum atomic E-state index is 14.4. The summed E-state index contributed by atoms with van der Waals surface area (Å²) < 4.78 is 28.7. The number of amides is 1. The minimum absolute atomic E-state index is 0.538. The van der Waals surface area contributed by atoms with Gasteiger partial charge in [-0.15, -0.1) is 0 Å². The molecule has 2 unspecified atom stereocenters. The Labute approximate surface area is 131 Å². The molecule has 2 N–H and O–H groups in total. The van der Waals surface area contributed by atoms with E-state index in [4.69, 9.17) is 5.21 Å². The molecule has 0 bridgehead atoms. The van der Waals surface area contributed by atoms with Crippen LogP contribution in [-0.2, 0) is 4.79 Å². The molecule has 116 valence electrons. The number of rotatable bonds is 1. The number of carbonyl (C=O) groups excluding carboxylic acids is 1. The number of hydrogen-bond acceptors (Lipinski definition) is 2. The third kappa shape index (κ3) is 1.93. The smallest absolute Gasteiger partial charge is 0.267 e. The zero-order valence-corrected chi connectivity index (χ0v) is 12.0. The first-order chi connectivity index (χ1) is 11.1. The standard InChI is InChI=1S/C18H13F2NO2/c19-18(20)16-12-7-3-1-5-10(12)14(9-15(22)21-23)11-6-2-4-8-13(11)17(16)18/h1-9,16-17,23H,(H,21,22). The molecule has 0 saturated heterocycles. The van der Waals surface area contributed by atoms with Crippen LogP contribution >= 0.6 is 0 Å². The number of nitrogens with one attached hydrogen (secondary N) is 1. The molecular formula is C18H13F2NO2. The van der Waals surface area contributed by atoms with Crippen molar-refractivity contribution in [1.82, 2.24) is 5.48 Å². The lowest BCUT2D eigenvalue weighted by molar-refractivity contribution is -0.124. The normalized spacial score (nSPS) is 23.0. The molecule has 1 fully saturated rings. The van der Waals surface area contributed by atoms with Gasteiger partial charge in [-0.1, -0.05) is 48.5 Å². The van der Waals surface area contributed by atoms with Crippen LogP contribution in [0.4, 0.5) is 8.78 Å². The third-order valence-corrected chi connectivity index (χ3v) is 4.61. The van der Waals surface area contributed by atoms with E-state index in [2.05, 4.69) is 0 Å². The molecule has 0 radical (unpaired) electrons. The van der Waals surface area contributed by atoms with Crippen molar-refractivity contribution in [3.63, 3.8) is 0 Å². The Morgan fingerprint density at radius 3 is 1.96 bits per heavy atom. The number of hydroxylamine groups is 1. The second-order valence-electron chi connectivity index (χ2n) is 5.84. The Hall–Kier alpha value is -2.53. The largest absolute Gasteiger partial charge is 0.288 e. The second kappa shape index (κ2) is 4.73. The summed E-state index contributed by atoms with van der Waals surface area (Å²) >= 11 is 0. The van der Waals surface area contributed by atoms with Crippen LogP contribution in [0.25, 0.3) is 5.57 Å². The second-order valence-corrected chi connectivity index (χ2v) is 5.84. The molecule has 0 aromatic heterocycles. The molecule has 4 rings (SSSR count). The molecule has 2 aliphatic carbocycles. The fourth-order valence-corrected chi connectivity index (χ4v) is 3.59. The molecule has 1 saturated carbocycles. The van der Waals surface area contributed by atoms with Gasteiger partial charge >= 0.3 is 0 Å². The monoisotopic (exact) mass is 313 g/mol. The molecule has 1 amide bonds. The maximum absolute atomic E-state index is 14.4. The van der Waals surface area contributed by atoms with Gasteiger partial charge in [0.2, 0.25) is 0 Å². The van der Waals surface area contributed by atoms with Crippen molar-refractivity contribution in [2.24, 2.45) is 0 Å². The zero-order valence-electron chi connectivity index (χ0n) is 12.0. The van der Waals surface area contributed by atoms with Gasteiger partial charge in [0, 0.05) is 6.08 Å². The highest BCUT2D eigenvalue weighted by Crippen LogP contribution is 2.70. The van der Waals surface area contributed by atoms with Crippen molar-refractivity contribution in [2.75, 3.05) is 0 Å². The molecular weight excluding hydrogens is 300 g/mol. The minimum Gasteiger partial charge on any atom is -0.288 e. The number of carbonyl (C=O) groups is 1. The van der Waals surface area contributed by atoms with E-state index in [0.717, 1.165) is 0 Å². The van der Waals surface area contributed by atoms with Crippen molar-refractivity contribution in [3.05, 3.63) is 76.9 Å². The number of halogens is 2. The van der Waals surface area contributed by atoms with E-state index in [0.29, 0.717) is 27.8 Å². The Kier molecular flexibility index (Phi) is 2.90. The van der Waals surface area contributed by atoms with Gasteiger partial charge in [-0.2, -0.15) is 0 Å². The van der Waals surface area contributed by atoms with Crippen LogP contribution in [0.2, 0.25) is 0 Å². The topological polar surface area (TPSA) is 49.3 Å². The van der Waals surface area contributed by atoms with Crippen LogP contribution in [0.5, 0.6) is 0 Å². The fraction of sp³-hybridized carbons (Fsp3) is 0.167. The van der Waals surface area contributed by atoms with Gasteiger partial charge in [-0.3, -0.25) is 10.0 Å². The quantitative estimate of drug-likeness (QED) is 0.481. The first-order valence-electron chi connectivity index (χ1n) is 7.28. The van der Waals surface area contributed by atoms with Gasteiger partial charge in [0.05, 0.1) is 11.8 Å². The van der Waals surface area contributed by atoms with E-state index in [1.54, 1.807) is 54.0 Å². The number of fused-ring (bicyclic) bond motifs is 5. The van der Waals surface area contributed by atoms with Crippen LogP contribution in [0, 0.1) is 0 Å². The molecule has 2 aromatic rings. The highest BCUT2D eigenvalue weighted by atomic mass is 19.3. The highest BCUT2D eigenvalue weighted by Gasteiger charge is 2.70. The van der Waals surface area contributed by atoms with Gasteiger partial charge in [-0.25, -0.2) is 14.3 Å². The van der Waals surface area contributed by atoms with Gasteiger partial charge in [0.15, 0.2) is 0 Å². The minimum atomic E-state index is -2.78. The van der Waals surface area contributed by atoms with Gasteiger partial charge < -0.3 is 0 Å². The van der Waals surface area contributed by atoms with Crippen molar-refractivity contribution in [3.8, 4) is 0 Å². The summed E-state index contributed by atoms with van der Waals surface area (Å²) in [6.07, 6.45) is 1.25. The summed E-state index contributed by atoms with van der Waals surface area (Å²) in [5, 5.41) is 8.81. The molecule has 5 heteroatoms. The van der Waals surface area contributed by atoms with Crippen molar-refractivity contribution in [2.45, 2.75) is 17.8 Å². The SMILES string of the molecule is O=C(C=C1c2ccccc2C2C(c3ccccc31)C2(F)F)NO. The average Bonchev–Trinajstić information content (AvgIpc) is 3.17. The lowest BCUT2D eigenvalue weighted by Crippen LogP contribution is -2.16. The van der Waals surface area contributed by atoms with E-state index >= 15 is 0 Å².